The van der Waals surface area contributed by atoms with E-state index in [1.54, 1.807) is 21.9 Å². The van der Waals surface area contributed by atoms with Crippen LogP contribution in [0.25, 0.3) is 6.08 Å². The minimum Gasteiger partial charge on any atom is -0.354 e. The van der Waals surface area contributed by atoms with Gasteiger partial charge in [-0.25, -0.2) is 0 Å². The van der Waals surface area contributed by atoms with Gasteiger partial charge in [-0.15, -0.1) is 0 Å². The molecule has 0 bridgehead atoms. The molecule has 0 radical (unpaired) electrons. The minimum absolute atomic E-state index is 0.0211. The molecule has 1 aliphatic rings. The summed E-state index contributed by atoms with van der Waals surface area (Å²) in [7, 11) is 0. The van der Waals surface area contributed by atoms with E-state index >= 15 is 0 Å². The van der Waals surface area contributed by atoms with Gasteiger partial charge in [0.25, 0.3) is 0 Å². The van der Waals surface area contributed by atoms with Crippen molar-refractivity contribution in [2.45, 2.75) is 25.2 Å². The number of rotatable bonds is 3. The number of carbonyl (C=O) groups excluding carboxylic acids is 1. The highest BCUT2D eigenvalue weighted by atomic mass is 19.4. The lowest BCUT2D eigenvalue weighted by Crippen LogP contribution is -2.41. The van der Waals surface area contributed by atoms with Gasteiger partial charge in [-0.3, -0.25) is 4.68 Å². The summed E-state index contributed by atoms with van der Waals surface area (Å²) >= 11 is 0. The normalized spacial score (nSPS) is 20.6. The summed E-state index contributed by atoms with van der Waals surface area (Å²) in [5, 5.41) is 4.29. The van der Waals surface area contributed by atoms with Crippen LogP contribution in [0.15, 0.2) is 37.0 Å². The molecule has 0 saturated carbocycles. The van der Waals surface area contributed by atoms with Crippen molar-refractivity contribution >= 4 is 18.0 Å². The zero-order chi connectivity index (χ0) is 17.5. The van der Waals surface area contributed by atoms with E-state index in [1.807, 2.05) is 6.92 Å². The van der Waals surface area contributed by atoms with Crippen LogP contribution in [0, 0.1) is 0 Å². The number of hydrogen-bond acceptors (Lipinski definition) is 3. The van der Waals surface area contributed by atoms with Gasteiger partial charge in [0.1, 0.15) is 12.3 Å². The van der Waals surface area contributed by atoms with Gasteiger partial charge in [-0.2, -0.15) is 18.3 Å². The van der Waals surface area contributed by atoms with Crippen LogP contribution < -0.4 is 4.90 Å². The van der Waals surface area contributed by atoms with Crippen LogP contribution in [0.4, 0.5) is 18.9 Å². The third-order valence-corrected chi connectivity index (χ3v) is 4.23. The van der Waals surface area contributed by atoms with E-state index in [1.165, 1.54) is 12.1 Å². The Kier molecular flexibility index (Phi) is 3.95. The Morgan fingerprint density at radius 3 is 2.50 bits per heavy atom. The van der Waals surface area contributed by atoms with Crippen molar-refractivity contribution in [1.82, 2.24) is 9.78 Å². The average molecular weight is 335 g/mol. The van der Waals surface area contributed by atoms with Crippen LogP contribution in [-0.2, 0) is 11.0 Å². The first-order valence-electron chi connectivity index (χ1n) is 7.46. The van der Waals surface area contributed by atoms with Crippen molar-refractivity contribution in [3.8, 4) is 0 Å². The molecule has 0 aliphatic carbocycles. The molecule has 1 aromatic carbocycles. The second kappa shape index (κ2) is 5.81. The number of halogens is 3. The Hall–Kier alpha value is -2.57. The highest BCUT2D eigenvalue weighted by Crippen LogP contribution is 2.37. The van der Waals surface area contributed by atoms with Crippen LogP contribution in [-0.4, -0.2) is 22.6 Å². The fourth-order valence-corrected chi connectivity index (χ4v) is 3.07. The molecule has 0 saturated heterocycles. The second-order valence-corrected chi connectivity index (χ2v) is 5.76. The summed E-state index contributed by atoms with van der Waals surface area (Å²) in [6.07, 6.45) is -0.333. The molecule has 7 heteroatoms. The smallest absolute Gasteiger partial charge is 0.354 e. The number of fused-ring (bicyclic) bond motifs is 1. The summed E-state index contributed by atoms with van der Waals surface area (Å²) in [4.78, 5) is 13.5. The van der Waals surface area contributed by atoms with Gasteiger partial charge in [0.15, 0.2) is 0 Å². The van der Waals surface area contributed by atoms with Gasteiger partial charge in [-0.05, 0) is 31.2 Å². The quantitative estimate of drug-likeness (QED) is 0.799. The maximum atomic E-state index is 12.7. The van der Waals surface area contributed by atoms with Crippen LogP contribution in [0.2, 0.25) is 0 Å². The third kappa shape index (κ3) is 2.60. The molecule has 2 aromatic rings. The van der Waals surface area contributed by atoms with Crippen LogP contribution in [0.1, 0.15) is 35.8 Å². The Labute approximate surface area is 137 Å². The lowest BCUT2D eigenvalue weighted by molar-refractivity contribution is -0.137. The third-order valence-electron chi connectivity index (χ3n) is 4.23. The van der Waals surface area contributed by atoms with E-state index in [0.717, 1.165) is 24.0 Å². The molecule has 126 valence electrons. The number of alkyl halides is 3. The highest BCUT2D eigenvalue weighted by Gasteiger charge is 2.35. The maximum Gasteiger partial charge on any atom is 0.416 e. The first kappa shape index (κ1) is 16.3. The summed E-state index contributed by atoms with van der Waals surface area (Å²) in [5.74, 6) is 0. The molecule has 1 unspecified atom stereocenters. The highest BCUT2D eigenvalue weighted by molar-refractivity contribution is 5.72. The molecule has 1 aliphatic heterocycles. The first-order chi connectivity index (χ1) is 11.4. The molecule has 2 atom stereocenters. The zero-order valence-corrected chi connectivity index (χ0v) is 13.0. The van der Waals surface area contributed by atoms with Crippen LogP contribution in [0.3, 0.4) is 0 Å². The van der Waals surface area contributed by atoms with Gasteiger partial charge in [-0.1, -0.05) is 12.7 Å². The summed E-state index contributed by atoms with van der Waals surface area (Å²) < 4.78 is 40.0. The number of carbonyl (C=O) groups is 1. The lowest BCUT2D eigenvalue weighted by Gasteiger charge is -2.38. The van der Waals surface area contributed by atoms with Crippen LogP contribution in [0.5, 0.6) is 0 Å². The SMILES string of the molecule is C=Cc1cnn2c1C(C=O)N(c1ccc(C(F)(F)F)cc1)C[C@@H]2C. The maximum absolute atomic E-state index is 12.7. The Morgan fingerprint density at radius 1 is 1.29 bits per heavy atom. The van der Waals surface area contributed by atoms with E-state index in [9.17, 15) is 18.0 Å². The predicted molar refractivity (Wildman–Crippen MR) is 84.6 cm³/mol. The Bertz CT molecular complexity index is 764. The number of aromatic nitrogens is 2. The number of hydrogen-bond donors (Lipinski definition) is 0. The van der Waals surface area contributed by atoms with E-state index in [-0.39, 0.29) is 6.04 Å². The summed E-state index contributed by atoms with van der Waals surface area (Å²) in [6.45, 7) is 6.15. The summed E-state index contributed by atoms with van der Waals surface area (Å²) in [5.41, 5.74) is 1.31. The van der Waals surface area contributed by atoms with E-state index < -0.39 is 17.8 Å². The van der Waals surface area contributed by atoms with Gasteiger partial charge in [0.05, 0.1) is 23.5 Å². The number of aldehydes is 1. The average Bonchev–Trinajstić information content (AvgIpc) is 2.99. The van der Waals surface area contributed by atoms with Crippen molar-refractivity contribution in [2.24, 2.45) is 0 Å². The molecule has 3 rings (SSSR count). The number of nitrogens with zero attached hydrogens (tertiary/aromatic N) is 3. The molecule has 0 N–H and O–H groups in total. The number of anilines is 1. The standard InChI is InChI=1S/C17H16F3N3O/c1-3-12-8-21-23-11(2)9-22(15(10-24)16(12)23)14-6-4-13(5-7-14)17(18,19)20/h3-8,10-11,15H,1,9H2,2H3/t11-,15?/m0/s1. The van der Waals surface area contributed by atoms with Gasteiger partial charge in [0, 0.05) is 17.8 Å². The van der Waals surface area contributed by atoms with Crippen molar-refractivity contribution < 1.29 is 18.0 Å². The van der Waals surface area contributed by atoms with Gasteiger partial charge in [0.2, 0.25) is 0 Å². The second-order valence-electron chi connectivity index (χ2n) is 5.76. The van der Waals surface area contributed by atoms with E-state index in [2.05, 4.69) is 11.7 Å². The van der Waals surface area contributed by atoms with Crippen LogP contribution >= 0.6 is 0 Å². The fraction of sp³-hybridized carbons (Fsp3) is 0.294. The minimum atomic E-state index is -4.38. The largest absolute Gasteiger partial charge is 0.416 e. The van der Waals surface area contributed by atoms with Gasteiger partial charge < -0.3 is 9.69 Å². The molecule has 1 aromatic heterocycles. The summed E-state index contributed by atoms with van der Waals surface area (Å²) in [6, 6.07) is 4.21. The molecule has 2 heterocycles. The molecule has 0 amide bonds. The van der Waals surface area contributed by atoms with Crippen molar-refractivity contribution in [3.05, 3.63) is 53.9 Å². The topological polar surface area (TPSA) is 38.1 Å². The molecular weight excluding hydrogens is 319 g/mol. The monoisotopic (exact) mass is 335 g/mol. The van der Waals surface area contributed by atoms with Gasteiger partial charge >= 0.3 is 6.18 Å². The number of benzene rings is 1. The molecule has 4 nitrogen and oxygen atoms in total. The predicted octanol–water partition coefficient (Wildman–Crippen LogP) is 3.87. The first-order valence-corrected chi connectivity index (χ1v) is 7.46. The molecule has 24 heavy (non-hydrogen) atoms. The fourth-order valence-electron chi connectivity index (χ4n) is 3.07. The molecular formula is C17H16F3N3O. The Morgan fingerprint density at radius 2 is 1.96 bits per heavy atom. The Balaban J connectivity index is 2.02. The van der Waals surface area contributed by atoms with Crippen molar-refractivity contribution in [2.75, 3.05) is 11.4 Å². The zero-order valence-electron chi connectivity index (χ0n) is 13.0. The lowest BCUT2D eigenvalue weighted by atomic mass is 10.0. The van der Waals surface area contributed by atoms with Crippen molar-refractivity contribution in [1.29, 1.82) is 0 Å². The molecule has 0 fully saturated rings. The van der Waals surface area contributed by atoms with E-state index in [4.69, 9.17) is 0 Å². The van der Waals surface area contributed by atoms with E-state index in [0.29, 0.717) is 17.9 Å². The molecule has 0 spiro atoms. The van der Waals surface area contributed by atoms with Crippen molar-refractivity contribution in [3.63, 3.8) is 0 Å².